The molecule has 0 atom stereocenters. The van der Waals surface area contributed by atoms with E-state index in [2.05, 4.69) is 4.72 Å². The maximum absolute atomic E-state index is 12.3. The van der Waals surface area contributed by atoms with Gasteiger partial charge in [-0.25, -0.2) is 13.1 Å². The van der Waals surface area contributed by atoms with Crippen molar-refractivity contribution in [2.24, 2.45) is 0 Å². The molecule has 0 saturated heterocycles. The Hall–Kier alpha value is -2.05. The molecular formula is C15H18N2O3S. The lowest BCUT2D eigenvalue weighted by atomic mass is 10.3. The molecule has 0 aliphatic carbocycles. The summed E-state index contributed by atoms with van der Waals surface area (Å²) >= 11 is 0. The van der Waals surface area contributed by atoms with Crippen LogP contribution in [0.15, 0.2) is 53.4 Å². The SMILES string of the molecule is CC(C)NS(=O)(=O)c1ccccc1Oc1ccc(N)cc1. The molecule has 0 bridgehead atoms. The van der Waals surface area contributed by atoms with Crippen LogP contribution in [0.3, 0.4) is 0 Å². The van der Waals surface area contributed by atoms with Crippen LogP contribution in [0.4, 0.5) is 5.69 Å². The first kappa shape index (κ1) is 15.3. The van der Waals surface area contributed by atoms with Gasteiger partial charge in [0, 0.05) is 11.7 Å². The van der Waals surface area contributed by atoms with Crippen molar-refractivity contribution in [3.05, 3.63) is 48.5 Å². The lowest BCUT2D eigenvalue weighted by molar-refractivity contribution is 0.466. The van der Waals surface area contributed by atoms with E-state index in [4.69, 9.17) is 10.5 Å². The minimum absolute atomic E-state index is 0.107. The number of ether oxygens (including phenoxy) is 1. The molecule has 0 amide bonds. The summed E-state index contributed by atoms with van der Waals surface area (Å²) in [6.45, 7) is 3.53. The Morgan fingerprint density at radius 3 is 2.29 bits per heavy atom. The van der Waals surface area contributed by atoms with E-state index in [1.807, 2.05) is 0 Å². The Kier molecular flexibility index (Phi) is 4.50. The van der Waals surface area contributed by atoms with E-state index >= 15 is 0 Å². The van der Waals surface area contributed by atoms with E-state index in [1.54, 1.807) is 56.3 Å². The molecule has 0 saturated carbocycles. The number of hydrogen-bond donors (Lipinski definition) is 2. The van der Waals surface area contributed by atoms with Crippen LogP contribution < -0.4 is 15.2 Å². The Labute approximate surface area is 124 Å². The summed E-state index contributed by atoms with van der Waals surface area (Å²) in [5.41, 5.74) is 6.23. The standard InChI is InChI=1S/C15H18N2O3S/c1-11(2)17-21(18,19)15-6-4-3-5-14(15)20-13-9-7-12(16)8-10-13/h3-11,17H,16H2,1-2H3. The van der Waals surface area contributed by atoms with E-state index in [9.17, 15) is 8.42 Å². The molecule has 2 aromatic carbocycles. The van der Waals surface area contributed by atoms with E-state index in [-0.39, 0.29) is 16.7 Å². The number of anilines is 1. The average molecular weight is 306 g/mol. The minimum Gasteiger partial charge on any atom is -0.456 e. The molecule has 21 heavy (non-hydrogen) atoms. The van der Waals surface area contributed by atoms with Gasteiger partial charge in [-0.1, -0.05) is 12.1 Å². The molecule has 6 heteroatoms. The first-order valence-corrected chi connectivity index (χ1v) is 8.01. The second-order valence-electron chi connectivity index (χ2n) is 4.89. The van der Waals surface area contributed by atoms with Gasteiger partial charge in [0.25, 0.3) is 0 Å². The molecule has 2 rings (SSSR count). The number of nitrogens with two attached hydrogens (primary N) is 1. The summed E-state index contributed by atoms with van der Waals surface area (Å²) in [5.74, 6) is 0.798. The highest BCUT2D eigenvalue weighted by Crippen LogP contribution is 2.29. The molecule has 5 nitrogen and oxygen atoms in total. The van der Waals surface area contributed by atoms with Crippen molar-refractivity contribution in [2.75, 3.05) is 5.73 Å². The van der Waals surface area contributed by atoms with Crippen LogP contribution in [0.1, 0.15) is 13.8 Å². The van der Waals surface area contributed by atoms with Crippen molar-refractivity contribution in [1.82, 2.24) is 4.72 Å². The predicted molar refractivity (Wildman–Crippen MR) is 82.8 cm³/mol. The zero-order valence-corrected chi connectivity index (χ0v) is 12.7. The van der Waals surface area contributed by atoms with Crippen molar-refractivity contribution in [3.63, 3.8) is 0 Å². The van der Waals surface area contributed by atoms with Crippen LogP contribution in [0.2, 0.25) is 0 Å². The van der Waals surface area contributed by atoms with Gasteiger partial charge >= 0.3 is 0 Å². The highest BCUT2D eigenvalue weighted by atomic mass is 32.2. The van der Waals surface area contributed by atoms with Gasteiger partial charge in [-0.15, -0.1) is 0 Å². The summed E-state index contributed by atoms with van der Waals surface area (Å²) in [7, 11) is -3.62. The van der Waals surface area contributed by atoms with Crippen molar-refractivity contribution in [2.45, 2.75) is 24.8 Å². The normalized spacial score (nSPS) is 11.6. The predicted octanol–water partition coefficient (Wildman–Crippen LogP) is 2.75. The number of sulfonamides is 1. The van der Waals surface area contributed by atoms with Crippen LogP contribution in [0, 0.1) is 0 Å². The number of hydrogen-bond acceptors (Lipinski definition) is 4. The number of nitrogen functional groups attached to an aromatic ring is 1. The van der Waals surface area contributed by atoms with Gasteiger partial charge in [0.05, 0.1) is 0 Å². The van der Waals surface area contributed by atoms with E-state index in [1.165, 1.54) is 6.07 Å². The third-order valence-electron chi connectivity index (χ3n) is 2.64. The Morgan fingerprint density at radius 2 is 1.67 bits per heavy atom. The maximum Gasteiger partial charge on any atom is 0.244 e. The molecule has 0 fully saturated rings. The fourth-order valence-corrected chi connectivity index (χ4v) is 3.17. The summed E-state index contributed by atoms with van der Waals surface area (Å²) in [6.07, 6.45) is 0. The third-order valence-corrected chi connectivity index (χ3v) is 4.34. The van der Waals surface area contributed by atoms with Gasteiger partial charge in [0.15, 0.2) is 0 Å². The number of benzene rings is 2. The summed E-state index contributed by atoms with van der Waals surface area (Å²) in [5, 5.41) is 0. The van der Waals surface area contributed by atoms with Gasteiger partial charge < -0.3 is 10.5 Å². The molecule has 0 unspecified atom stereocenters. The highest BCUT2D eigenvalue weighted by molar-refractivity contribution is 7.89. The second kappa shape index (κ2) is 6.15. The fraction of sp³-hybridized carbons (Fsp3) is 0.200. The maximum atomic E-state index is 12.3. The number of nitrogens with one attached hydrogen (secondary N) is 1. The van der Waals surface area contributed by atoms with Gasteiger partial charge in [0.2, 0.25) is 10.0 Å². The van der Waals surface area contributed by atoms with Gasteiger partial charge in [-0.05, 0) is 50.2 Å². The smallest absolute Gasteiger partial charge is 0.244 e. The molecule has 0 radical (unpaired) electrons. The van der Waals surface area contributed by atoms with Crippen molar-refractivity contribution in [3.8, 4) is 11.5 Å². The lowest BCUT2D eigenvalue weighted by Gasteiger charge is -2.14. The summed E-state index contributed by atoms with van der Waals surface area (Å²) in [4.78, 5) is 0.107. The van der Waals surface area contributed by atoms with Crippen LogP contribution in [-0.2, 0) is 10.0 Å². The van der Waals surface area contributed by atoms with Crippen LogP contribution in [-0.4, -0.2) is 14.5 Å². The van der Waals surface area contributed by atoms with Crippen molar-refractivity contribution >= 4 is 15.7 Å². The Morgan fingerprint density at radius 1 is 1.05 bits per heavy atom. The summed E-state index contributed by atoms with van der Waals surface area (Å²) in [6, 6.07) is 13.1. The molecule has 3 N–H and O–H groups in total. The van der Waals surface area contributed by atoms with Crippen LogP contribution in [0.5, 0.6) is 11.5 Å². The van der Waals surface area contributed by atoms with Gasteiger partial charge in [-0.2, -0.15) is 0 Å². The summed E-state index contributed by atoms with van der Waals surface area (Å²) < 4.78 is 32.8. The zero-order valence-electron chi connectivity index (χ0n) is 11.9. The van der Waals surface area contributed by atoms with Crippen molar-refractivity contribution < 1.29 is 13.2 Å². The van der Waals surface area contributed by atoms with Crippen LogP contribution in [0.25, 0.3) is 0 Å². The molecule has 0 aromatic heterocycles. The fourth-order valence-electron chi connectivity index (χ4n) is 1.79. The third kappa shape index (κ3) is 3.96. The first-order valence-electron chi connectivity index (χ1n) is 6.53. The van der Waals surface area contributed by atoms with Gasteiger partial charge in [0.1, 0.15) is 16.4 Å². The quantitative estimate of drug-likeness (QED) is 0.832. The largest absolute Gasteiger partial charge is 0.456 e. The Balaban J connectivity index is 2.35. The number of para-hydroxylation sites is 1. The van der Waals surface area contributed by atoms with E-state index < -0.39 is 10.0 Å². The van der Waals surface area contributed by atoms with Crippen LogP contribution >= 0.6 is 0 Å². The average Bonchev–Trinajstić information content (AvgIpc) is 2.40. The van der Waals surface area contributed by atoms with E-state index in [0.29, 0.717) is 11.4 Å². The molecule has 0 aliphatic heterocycles. The zero-order chi connectivity index (χ0) is 15.5. The molecule has 2 aromatic rings. The minimum atomic E-state index is -3.62. The van der Waals surface area contributed by atoms with Crippen molar-refractivity contribution in [1.29, 1.82) is 0 Å². The molecular weight excluding hydrogens is 288 g/mol. The molecule has 0 spiro atoms. The topological polar surface area (TPSA) is 81.4 Å². The lowest BCUT2D eigenvalue weighted by Crippen LogP contribution is -2.30. The van der Waals surface area contributed by atoms with E-state index in [0.717, 1.165) is 0 Å². The highest BCUT2D eigenvalue weighted by Gasteiger charge is 2.20. The number of rotatable bonds is 5. The Bertz CT molecular complexity index is 710. The monoisotopic (exact) mass is 306 g/mol. The first-order chi connectivity index (χ1) is 9.88. The molecule has 112 valence electrons. The second-order valence-corrected chi connectivity index (χ2v) is 6.58. The molecule has 0 aliphatic rings. The van der Waals surface area contributed by atoms with Gasteiger partial charge in [-0.3, -0.25) is 0 Å². The molecule has 0 heterocycles.